The summed E-state index contributed by atoms with van der Waals surface area (Å²) in [5, 5.41) is 15.7. The number of hydrogen-bond donors (Lipinski definition) is 3. The van der Waals surface area contributed by atoms with Gasteiger partial charge >= 0.3 is 0 Å². The first-order valence-electron chi connectivity index (χ1n) is 9.06. The highest BCUT2D eigenvalue weighted by atomic mass is 32.1. The van der Waals surface area contributed by atoms with Crippen molar-refractivity contribution in [1.29, 1.82) is 0 Å². The number of nitrogens with one attached hydrogen (secondary N) is 2. The van der Waals surface area contributed by atoms with Gasteiger partial charge in [-0.2, -0.15) is 0 Å². The van der Waals surface area contributed by atoms with E-state index in [1.807, 2.05) is 18.2 Å². The molecule has 7 nitrogen and oxygen atoms in total. The average Bonchev–Trinajstić information content (AvgIpc) is 3.40. The van der Waals surface area contributed by atoms with Gasteiger partial charge in [-0.05, 0) is 48.6 Å². The quantitative estimate of drug-likeness (QED) is 0.412. The number of carbonyl (C=O) groups excluding carboxylic acids is 1. The summed E-state index contributed by atoms with van der Waals surface area (Å²) in [5.74, 6) is 1.31. The first-order chi connectivity index (χ1) is 14.6. The second-order valence-electron chi connectivity index (χ2n) is 6.40. The molecule has 0 bridgehead atoms. The third-order valence-corrected chi connectivity index (χ3v) is 4.62. The molecule has 0 spiro atoms. The molecule has 30 heavy (non-hydrogen) atoms. The highest BCUT2D eigenvalue weighted by molar-refractivity contribution is 7.80. The summed E-state index contributed by atoms with van der Waals surface area (Å²) in [7, 11) is 1.54. The van der Waals surface area contributed by atoms with Crippen molar-refractivity contribution >= 4 is 39.9 Å². The van der Waals surface area contributed by atoms with E-state index < -0.39 is 5.91 Å². The number of aliphatic hydroxyl groups excluding tert-OH is 1. The van der Waals surface area contributed by atoms with Crippen molar-refractivity contribution in [3.63, 3.8) is 0 Å². The first kappa shape index (κ1) is 19.7. The van der Waals surface area contributed by atoms with Gasteiger partial charge in [-0.3, -0.25) is 10.1 Å². The number of methoxy groups -OCH3 is 1. The fourth-order valence-electron chi connectivity index (χ4n) is 3.00. The van der Waals surface area contributed by atoms with Gasteiger partial charge in [0, 0.05) is 17.1 Å². The summed E-state index contributed by atoms with van der Waals surface area (Å²) in [4.78, 5) is 12.4. The largest absolute Gasteiger partial charge is 0.496 e. The van der Waals surface area contributed by atoms with Crippen LogP contribution in [0.4, 0.5) is 5.69 Å². The molecule has 0 aliphatic heterocycles. The lowest BCUT2D eigenvalue weighted by atomic mass is 10.1. The Morgan fingerprint density at radius 2 is 1.93 bits per heavy atom. The predicted molar refractivity (Wildman–Crippen MR) is 117 cm³/mol. The molecule has 0 saturated carbocycles. The van der Waals surface area contributed by atoms with Crippen molar-refractivity contribution in [2.75, 3.05) is 12.4 Å². The lowest BCUT2D eigenvalue weighted by Crippen LogP contribution is -2.33. The molecule has 2 aromatic heterocycles. The van der Waals surface area contributed by atoms with Gasteiger partial charge in [0.2, 0.25) is 0 Å². The van der Waals surface area contributed by atoms with Crippen LogP contribution in [0.15, 0.2) is 69.5 Å². The van der Waals surface area contributed by atoms with Crippen LogP contribution in [0.3, 0.4) is 0 Å². The van der Waals surface area contributed by atoms with Crippen LogP contribution in [-0.4, -0.2) is 23.2 Å². The third kappa shape index (κ3) is 4.05. The molecule has 2 aromatic carbocycles. The van der Waals surface area contributed by atoms with Crippen LogP contribution in [0.2, 0.25) is 0 Å². The Morgan fingerprint density at radius 3 is 2.67 bits per heavy atom. The van der Waals surface area contributed by atoms with Crippen LogP contribution in [0, 0.1) is 0 Å². The molecule has 152 valence electrons. The minimum atomic E-state index is -0.445. The Morgan fingerprint density at radius 1 is 1.10 bits per heavy atom. The number of thiocarbonyl (C=S) groups is 1. The molecule has 0 atom stereocenters. The van der Waals surface area contributed by atoms with Crippen LogP contribution in [0.1, 0.15) is 16.3 Å². The average molecular weight is 422 g/mol. The fraction of sp³-hybridized carbons (Fsp3) is 0.0909. The molecule has 0 saturated heterocycles. The zero-order valence-corrected chi connectivity index (χ0v) is 16.8. The number of aliphatic hydroxyl groups is 1. The Hall–Kier alpha value is -3.62. The third-order valence-electron chi connectivity index (χ3n) is 4.42. The number of rotatable bonds is 5. The standard InChI is InChI=1S/C22H18N2O5S/c1-27-19-11-14(6-8-16(19)18-9-7-15(12-25)28-18)23-22(30)24-21(26)20-10-13-4-2-3-5-17(13)29-20/h2-11,25H,12H2,1H3,(H2,23,24,26,30). The molecule has 4 aromatic rings. The van der Waals surface area contributed by atoms with Crippen LogP contribution in [0.5, 0.6) is 5.75 Å². The Kier molecular flexibility index (Phi) is 5.51. The molecule has 3 N–H and O–H groups in total. The monoisotopic (exact) mass is 422 g/mol. The summed E-state index contributed by atoms with van der Waals surface area (Å²) in [5.41, 5.74) is 1.98. The van der Waals surface area contributed by atoms with Crippen molar-refractivity contribution in [2.24, 2.45) is 0 Å². The smallest absolute Gasteiger partial charge is 0.293 e. The number of hydrogen-bond acceptors (Lipinski definition) is 6. The molecule has 0 unspecified atom stereocenters. The molecule has 0 radical (unpaired) electrons. The zero-order chi connectivity index (χ0) is 21.1. The molecule has 0 aliphatic rings. The molecular weight excluding hydrogens is 404 g/mol. The number of fused-ring (bicyclic) bond motifs is 1. The van der Waals surface area contributed by atoms with Crippen LogP contribution >= 0.6 is 12.2 Å². The maximum atomic E-state index is 12.4. The van der Waals surface area contributed by atoms with Crippen molar-refractivity contribution in [1.82, 2.24) is 5.32 Å². The summed E-state index contributed by atoms with van der Waals surface area (Å²) < 4.78 is 16.6. The van der Waals surface area contributed by atoms with E-state index in [0.29, 0.717) is 28.5 Å². The highest BCUT2D eigenvalue weighted by Gasteiger charge is 2.15. The van der Waals surface area contributed by atoms with E-state index >= 15 is 0 Å². The Labute approximate surface area is 177 Å². The molecule has 0 aliphatic carbocycles. The normalized spacial score (nSPS) is 10.7. The number of ether oxygens (including phenoxy) is 1. The van der Waals surface area contributed by atoms with E-state index in [-0.39, 0.29) is 17.5 Å². The van der Waals surface area contributed by atoms with Gasteiger partial charge in [0.15, 0.2) is 10.9 Å². The zero-order valence-electron chi connectivity index (χ0n) is 16.0. The van der Waals surface area contributed by atoms with E-state index in [1.165, 1.54) is 0 Å². The molecule has 0 fully saturated rings. The minimum absolute atomic E-state index is 0.121. The summed E-state index contributed by atoms with van der Waals surface area (Å²) >= 11 is 5.25. The summed E-state index contributed by atoms with van der Waals surface area (Å²) in [6, 6.07) is 17.8. The molecule has 1 amide bonds. The molecule has 4 rings (SSSR count). The van der Waals surface area contributed by atoms with Gasteiger partial charge in [0.25, 0.3) is 5.91 Å². The van der Waals surface area contributed by atoms with Gasteiger partial charge in [-0.15, -0.1) is 0 Å². The second kappa shape index (κ2) is 8.40. The van der Waals surface area contributed by atoms with Gasteiger partial charge in [-0.1, -0.05) is 18.2 Å². The molecular formula is C22H18N2O5S. The van der Waals surface area contributed by atoms with Gasteiger partial charge in [0.05, 0.1) is 12.7 Å². The summed E-state index contributed by atoms with van der Waals surface area (Å²) in [6.07, 6.45) is 0. The topological polar surface area (TPSA) is 96.9 Å². The SMILES string of the molecule is COc1cc(NC(=S)NC(=O)c2cc3ccccc3o2)ccc1-c1ccc(CO)o1. The molecule has 8 heteroatoms. The van der Waals surface area contributed by atoms with Gasteiger partial charge in [-0.25, -0.2) is 0 Å². The number of amides is 1. The number of anilines is 1. The van der Waals surface area contributed by atoms with E-state index in [0.717, 1.165) is 10.9 Å². The fourth-order valence-corrected chi connectivity index (χ4v) is 3.21. The Bertz CT molecular complexity index is 1190. The van der Waals surface area contributed by atoms with E-state index in [4.69, 9.17) is 25.8 Å². The van der Waals surface area contributed by atoms with Crippen LogP contribution in [0.25, 0.3) is 22.3 Å². The minimum Gasteiger partial charge on any atom is -0.496 e. The summed E-state index contributed by atoms with van der Waals surface area (Å²) in [6.45, 7) is -0.179. The number of benzene rings is 2. The molecule has 2 heterocycles. The maximum absolute atomic E-state index is 12.4. The van der Waals surface area contributed by atoms with E-state index in [9.17, 15) is 9.90 Å². The van der Waals surface area contributed by atoms with Crippen LogP contribution < -0.4 is 15.4 Å². The van der Waals surface area contributed by atoms with Crippen molar-refractivity contribution in [2.45, 2.75) is 6.61 Å². The van der Waals surface area contributed by atoms with Crippen molar-refractivity contribution in [3.05, 3.63) is 72.2 Å². The lowest BCUT2D eigenvalue weighted by molar-refractivity contribution is 0.0953. The maximum Gasteiger partial charge on any atom is 0.293 e. The first-order valence-corrected chi connectivity index (χ1v) is 9.47. The number of carbonyl (C=O) groups is 1. The van der Waals surface area contributed by atoms with Crippen molar-refractivity contribution < 1.29 is 23.5 Å². The van der Waals surface area contributed by atoms with E-state index in [1.54, 1.807) is 49.6 Å². The lowest BCUT2D eigenvalue weighted by Gasteiger charge is -2.12. The highest BCUT2D eigenvalue weighted by Crippen LogP contribution is 2.33. The van der Waals surface area contributed by atoms with Crippen molar-refractivity contribution in [3.8, 4) is 17.1 Å². The number of furan rings is 2. The predicted octanol–water partition coefficient (Wildman–Crippen LogP) is 4.32. The second-order valence-corrected chi connectivity index (χ2v) is 6.80. The van der Waals surface area contributed by atoms with Crippen LogP contribution in [-0.2, 0) is 6.61 Å². The number of para-hydroxylation sites is 1. The van der Waals surface area contributed by atoms with E-state index in [2.05, 4.69) is 10.6 Å². The van der Waals surface area contributed by atoms with Gasteiger partial charge < -0.3 is 24.0 Å². The Balaban J connectivity index is 1.46. The van der Waals surface area contributed by atoms with Gasteiger partial charge in [0.1, 0.15) is 29.5 Å².